The first kappa shape index (κ1) is 17.3. The highest BCUT2D eigenvalue weighted by Gasteiger charge is 2.27. The van der Waals surface area contributed by atoms with Gasteiger partial charge in [-0.3, -0.25) is 4.79 Å². The standard InChI is InChI=1S/C17H18N2O5/c1-9(18-10(2)20)13(16(21)23-3)14-11-7-5-6-8-12(11)19-15(14)17(22)24-4/h5-8,19H,1-4H3,(H,18,20). The Kier molecular flexibility index (Phi) is 5.03. The normalized spacial score (nSPS) is 11.7. The van der Waals surface area contributed by atoms with E-state index in [4.69, 9.17) is 9.47 Å². The molecule has 7 nitrogen and oxygen atoms in total. The Morgan fingerprint density at radius 2 is 1.71 bits per heavy atom. The van der Waals surface area contributed by atoms with Gasteiger partial charge in [0.1, 0.15) is 5.69 Å². The molecule has 1 aromatic heterocycles. The van der Waals surface area contributed by atoms with Crippen LogP contribution in [0.15, 0.2) is 30.0 Å². The summed E-state index contributed by atoms with van der Waals surface area (Å²) >= 11 is 0. The topological polar surface area (TPSA) is 97.5 Å². The lowest BCUT2D eigenvalue weighted by atomic mass is 10.00. The Hall–Kier alpha value is -3.09. The first-order chi connectivity index (χ1) is 11.4. The van der Waals surface area contributed by atoms with Crippen LogP contribution in [0.2, 0.25) is 0 Å². The predicted molar refractivity (Wildman–Crippen MR) is 88.1 cm³/mol. The number of amides is 1. The zero-order chi connectivity index (χ0) is 17.9. The van der Waals surface area contributed by atoms with Gasteiger partial charge < -0.3 is 19.8 Å². The van der Waals surface area contributed by atoms with Gasteiger partial charge in [0.15, 0.2) is 0 Å². The van der Waals surface area contributed by atoms with Crippen LogP contribution in [-0.4, -0.2) is 37.0 Å². The number of H-pyrrole nitrogens is 1. The fraction of sp³-hybridized carbons (Fsp3) is 0.235. The summed E-state index contributed by atoms with van der Waals surface area (Å²) in [4.78, 5) is 38.8. The molecule has 0 saturated carbocycles. The number of fused-ring (bicyclic) bond motifs is 1. The minimum Gasteiger partial charge on any atom is -0.465 e. The van der Waals surface area contributed by atoms with E-state index in [0.29, 0.717) is 16.5 Å². The molecular weight excluding hydrogens is 312 g/mol. The number of nitrogens with one attached hydrogen (secondary N) is 2. The fourth-order valence-electron chi connectivity index (χ4n) is 2.53. The Morgan fingerprint density at radius 3 is 2.29 bits per heavy atom. The van der Waals surface area contributed by atoms with Crippen molar-refractivity contribution in [2.45, 2.75) is 13.8 Å². The molecule has 0 aliphatic rings. The van der Waals surface area contributed by atoms with Gasteiger partial charge >= 0.3 is 11.9 Å². The lowest BCUT2D eigenvalue weighted by Crippen LogP contribution is -2.22. The molecule has 7 heteroatoms. The van der Waals surface area contributed by atoms with Crippen molar-refractivity contribution in [3.05, 3.63) is 41.2 Å². The van der Waals surface area contributed by atoms with E-state index in [1.807, 2.05) is 0 Å². The van der Waals surface area contributed by atoms with Gasteiger partial charge in [-0.25, -0.2) is 9.59 Å². The van der Waals surface area contributed by atoms with E-state index in [1.54, 1.807) is 31.2 Å². The number of methoxy groups -OCH3 is 2. The highest BCUT2D eigenvalue weighted by Crippen LogP contribution is 2.31. The third-order valence-electron chi connectivity index (χ3n) is 3.47. The SMILES string of the molecule is COC(=O)C(=C(C)NC(C)=O)c1c(C(=O)OC)[nH]c2ccccc12. The molecule has 0 unspecified atom stereocenters. The van der Waals surface area contributed by atoms with Gasteiger partial charge in [-0.15, -0.1) is 0 Å². The van der Waals surface area contributed by atoms with Gasteiger partial charge in [0.25, 0.3) is 0 Å². The fourth-order valence-corrected chi connectivity index (χ4v) is 2.53. The zero-order valence-corrected chi connectivity index (χ0v) is 13.9. The number of ether oxygens (including phenoxy) is 2. The summed E-state index contributed by atoms with van der Waals surface area (Å²) in [5.41, 5.74) is 1.47. The number of benzene rings is 1. The molecule has 2 aromatic rings. The first-order valence-corrected chi connectivity index (χ1v) is 7.16. The average molecular weight is 330 g/mol. The molecular formula is C17H18N2O5. The maximum Gasteiger partial charge on any atom is 0.355 e. The van der Waals surface area contributed by atoms with Gasteiger partial charge in [-0.2, -0.15) is 0 Å². The van der Waals surface area contributed by atoms with E-state index in [2.05, 4.69) is 10.3 Å². The molecule has 0 radical (unpaired) electrons. The second-order valence-corrected chi connectivity index (χ2v) is 5.08. The quantitative estimate of drug-likeness (QED) is 0.660. The minimum atomic E-state index is -0.670. The average Bonchev–Trinajstić information content (AvgIpc) is 2.93. The summed E-state index contributed by atoms with van der Waals surface area (Å²) in [6.07, 6.45) is 0. The molecule has 1 aromatic carbocycles. The summed E-state index contributed by atoms with van der Waals surface area (Å²) in [5.74, 6) is -1.64. The molecule has 1 amide bonds. The van der Waals surface area contributed by atoms with Crippen LogP contribution in [0.3, 0.4) is 0 Å². The van der Waals surface area contributed by atoms with Crippen molar-refractivity contribution >= 4 is 34.3 Å². The van der Waals surface area contributed by atoms with Crippen LogP contribution >= 0.6 is 0 Å². The Morgan fingerprint density at radius 1 is 1.04 bits per heavy atom. The number of hydrogen-bond acceptors (Lipinski definition) is 5. The third kappa shape index (κ3) is 3.15. The molecule has 0 atom stereocenters. The predicted octanol–water partition coefficient (Wildman–Crippen LogP) is 1.99. The molecule has 0 bridgehead atoms. The lowest BCUT2D eigenvalue weighted by molar-refractivity contribution is -0.133. The molecule has 0 aliphatic heterocycles. The van der Waals surface area contributed by atoms with Gasteiger partial charge in [0.2, 0.25) is 5.91 Å². The smallest absolute Gasteiger partial charge is 0.355 e. The number of esters is 2. The third-order valence-corrected chi connectivity index (χ3v) is 3.47. The molecule has 0 fully saturated rings. The van der Waals surface area contributed by atoms with Crippen molar-refractivity contribution in [3.63, 3.8) is 0 Å². The summed E-state index contributed by atoms with van der Waals surface area (Å²) in [7, 11) is 2.48. The highest BCUT2D eigenvalue weighted by atomic mass is 16.5. The van der Waals surface area contributed by atoms with Crippen LogP contribution in [-0.2, 0) is 19.1 Å². The first-order valence-electron chi connectivity index (χ1n) is 7.16. The van der Waals surface area contributed by atoms with E-state index in [-0.39, 0.29) is 22.9 Å². The molecule has 0 aliphatic carbocycles. The zero-order valence-electron chi connectivity index (χ0n) is 13.9. The summed E-state index contributed by atoms with van der Waals surface area (Å²) in [5, 5.41) is 3.21. The molecule has 2 rings (SSSR count). The van der Waals surface area contributed by atoms with Crippen molar-refractivity contribution < 1.29 is 23.9 Å². The monoisotopic (exact) mass is 330 g/mol. The maximum absolute atomic E-state index is 12.3. The van der Waals surface area contributed by atoms with Crippen molar-refractivity contribution in [3.8, 4) is 0 Å². The van der Waals surface area contributed by atoms with Crippen LogP contribution in [0.25, 0.3) is 16.5 Å². The van der Waals surface area contributed by atoms with Crippen molar-refractivity contribution in [2.75, 3.05) is 14.2 Å². The number of allylic oxidation sites excluding steroid dienone is 1. The number of hydrogen-bond donors (Lipinski definition) is 2. The maximum atomic E-state index is 12.3. The molecule has 0 saturated heterocycles. The number of rotatable bonds is 4. The lowest BCUT2D eigenvalue weighted by Gasteiger charge is -2.12. The van der Waals surface area contributed by atoms with Crippen LogP contribution in [0.4, 0.5) is 0 Å². The molecule has 0 spiro atoms. The Labute approximate surface area is 138 Å². The van der Waals surface area contributed by atoms with Crippen LogP contribution in [0, 0.1) is 0 Å². The van der Waals surface area contributed by atoms with E-state index >= 15 is 0 Å². The Balaban J connectivity index is 2.85. The summed E-state index contributed by atoms with van der Waals surface area (Å²) in [6.45, 7) is 2.89. The van der Waals surface area contributed by atoms with Crippen molar-refractivity contribution in [1.82, 2.24) is 10.3 Å². The summed E-state index contributed by atoms with van der Waals surface area (Å²) < 4.78 is 9.64. The number of para-hydroxylation sites is 1. The van der Waals surface area contributed by atoms with Crippen LogP contribution < -0.4 is 5.32 Å². The number of carbonyl (C=O) groups is 3. The second-order valence-electron chi connectivity index (χ2n) is 5.08. The number of aromatic nitrogens is 1. The van der Waals surface area contributed by atoms with Crippen LogP contribution in [0.5, 0.6) is 0 Å². The summed E-state index contributed by atoms with van der Waals surface area (Å²) in [6, 6.07) is 7.11. The molecule has 1 heterocycles. The van der Waals surface area contributed by atoms with Crippen molar-refractivity contribution in [2.24, 2.45) is 0 Å². The molecule has 2 N–H and O–H groups in total. The van der Waals surface area contributed by atoms with E-state index in [1.165, 1.54) is 21.1 Å². The number of carbonyl (C=O) groups excluding carboxylic acids is 3. The van der Waals surface area contributed by atoms with Gasteiger partial charge in [-0.1, -0.05) is 18.2 Å². The largest absolute Gasteiger partial charge is 0.465 e. The van der Waals surface area contributed by atoms with E-state index in [0.717, 1.165) is 0 Å². The van der Waals surface area contributed by atoms with Crippen molar-refractivity contribution in [1.29, 1.82) is 0 Å². The van der Waals surface area contributed by atoms with Crippen LogP contribution in [0.1, 0.15) is 29.9 Å². The van der Waals surface area contributed by atoms with Gasteiger partial charge in [0.05, 0.1) is 19.8 Å². The van der Waals surface area contributed by atoms with E-state index in [9.17, 15) is 14.4 Å². The second kappa shape index (κ2) is 6.99. The van der Waals surface area contributed by atoms with Gasteiger partial charge in [0, 0.05) is 29.1 Å². The highest BCUT2D eigenvalue weighted by molar-refractivity contribution is 6.24. The Bertz CT molecular complexity index is 848. The number of aromatic amines is 1. The molecule has 24 heavy (non-hydrogen) atoms. The minimum absolute atomic E-state index is 0.0885. The molecule has 126 valence electrons. The van der Waals surface area contributed by atoms with Gasteiger partial charge in [-0.05, 0) is 13.0 Å². The van der Waals surface area contributed by atoms with E-state index < -0.39 is 11.9 Å².